The van der Waals surface area contributed by atoms with Crippen LogP contribution in [-0.2, 0) is 22.6 Å². The SMILES string of the molecule is CCC(C)NC(=O)C(Cc1ccccc1)N(Cc1cccc(C)c1)C(=O)CCSc1ccc(Cl)cc1. The smallest absolute Gasteiger partial charge is 0.243 e. The summed E-state index contributed by atoms with van der Waals surface area (Å²) < 4.78 is 0. The Bertz CT molecular complexity index is 1120. The van der Waals surface area contributed by atoms with Crippen LogP contribution in [0.2, 0.25) is 5.02 Å². The Morgan fingerprint density at radius 3 is 2.33 bits per heavy atom. The van der Waals surface area contributed by atoms with Gasteiger partial charge in [-0.1, -0.05) is 78.7 Å². The van der Waals surface area contributed by atoms with E-state index in [1.165, 1.54) is 0 Å². The van der Waals surface area contributed by atoms with Crippen molar-refractivity contribution in [2.75, 3.05) is 5.75 Å². The molecule has 1 N–H and O–H groups in total. The molecule has 0 aliphatic rings. The number of hydrogen-bond acceptors (Lipinski definition) is 3. The monoisotopic (exact) mass is 522 g/mol. The third-order valence-corrected chi connectivity index (χ3v) is 7.37. The third-order valence-electron chi connectivity index (χ3n) is 6.11. The quantitative estimate of drug-likeness (QED) is 0.270. The van der Waals surface area contributed by atoms with Gasteiger partial charge >= 0.3 is 0 Å². The van der Waals surface area contributed by atoms with E-state index in [2.05, 4.69) is 11.4 Å². The zero-order chi connectivity index (χ0) is 25.9. The van der Waals surface area contributed by atoms with Crippen LogP contribution in [0.15, 0.2) is 83.8 Å². The number of amides is 2. The topological polar surface area (TPSA) is 49.4 Å². The zero-order valence-corrected chi connectivity index (χ0v) is 22.8. The summed E-state index contributed by atoms with van der Waals surface area (Å²) in [6.07, 6.45) is 1.62. The van der Waals surface area contributed by atoms with E-state index < -0.39 is 6.04 Å². The molecule has 6 heteroatoms. The van der Waals surface area contributed by atoms with Crippen LogP contribution in [0.3, 0.4) is 0 Å². The lowest BCUT2D eigenvalue weighted by atomic mass is 10.0. The van der Waals surface area contributed by atoms with Gasteiger partial charge in [-0.25, -0.2) is 0 Å². The number of hydrogen-bond donors (Lipinski definition) is 1. The first kappa shape index (κ1) is 27.8. The van der Waals surface area contributed by atoms with Crippen molar-refractivity contribution in [2.45, 2.75) is 63.6 Å². The van der Waals surface area contributed by atoms with E-state index in [4.69, 9.17) is 11.6 Å². The molecule has 0 aliphatic heterocycles. The second-order valence-electron chi connectivity index (χ2n) is 9.09. The lowest BCUT2D eigenvalue weighted by molar-refractivity contribution is -0.141. The molecular formula is C30H35ClN2O2S. The third kappa shape index (κ3) is 8.72. The second-order valence-corrected chi connectivity index (χ2v) is 10.7. The highest BCUT2D eigenvalue weighted by Gasteiger charge is 2.30. The van der Waals surface area contributed by atoms with Crippen LogP contribution < -0.4 is 5.32 Å². The highest BCUT2D eigenvalue weighted by Crippen LogP contribution is 2.23. The van der Waals surface area contributed by atoms with Gasteiger partial charge in [-0.2, -0.15) is 0 Å². The van der Waals surface area contributed by atoms with Gasteiger partial charge in [-0.15, -0.1) is 11.8 Å². The van der Waals surface area contributed by atoms with Crippen molar-refractivity contribution in [2.24, 2.45) is 0 Å². The van der Waals surface area contributed by atoms with Gasteiger partial charge in [0.15, 0.2) is 0 Å². The highest BCUT2D eigenvalue weighted by molar-refractivity contribution is 7.99. The molecule has 3 rings (SSSR count). The molecule has 2 unspecified atom stereocenters. The van der Waals surface area contributed by atoms with Crippen LogP contribution in [-0.4, -0.2) is 34.6 Å². The van der Waals surface area contributed by atoms with Crippen LogP contribution in [0.5, 0.6) is 0 Å². The number of halogens is 1. The standard InChI is InChI=1S/C30H35ClN2O2S/c1-4-23(3)32-30(35)28(20-24-10-6-5-7-11-24)33(21-25-12-8-9-22(2)19-25)29(34)17-18-36-27-15-13-26(31)14-16-27/h5-16,19,23,28H,4,17-18,20-21H2,1-3H3,(H,32,35). The average Bonchev–Trinajstić information content (AvgIpc) is 2.87. The maximum atomic E-state index is 13.7. The van der Waals surface area contributed by atoms with E-state index in [0.717, 1.165) is 28.0 Å². The summed E-state index contributed by atoms with van der Waals surface area (Å²) >= 11 is 7.61. The molecule has 0 saturated heterocycles. The molecule has 4 nitrogen and oxygen atoms in total. The molecular weight excluding hydrogens is 488 g/mol. The lowest BCUT2D eigenvalue weighted by Crippen LogP contribution is -2.52. The number of thioether (sulfide) groups is 1. The highest BCUT2D eigenvalue weighted by atomic mass is 35.5. The molecule has 0 radical (unpaired) electrons. The predicted molar refractivity (Wildman–Crippen MR) is 150 cm³/mol. The molecule has 0 saturated carbocycles. The van der Waals surface area contributed by atoms with Crippen LogP contribution >= 0.6 is 23.4 Å². The summed E-state index contributed by atoms with van der Waals surface area (Å²) in [6.45, 7) is 6.46. The molecule has 36 heavy (non-hydrogen) atoms. The Kier molecular flexibility index (Phi) is 10.9. The number of benzene rings is 3. The Balaban J connectivity index is 1.85. The minimum absolute atomic E-state index is 0.0294. The fourth-order valence-corrected chi connectivity index (χ4v) is 4.90. The minimum atomic E-state index is -0.602. The Morgan fingerprint density at radius 2 is 1.67 bits per heavy atom. The first-order valence-corrected chi connectivity index (χ1v) is 13.8. The van der Waals surface area contributed by atoms with Gasteiger partial charge in [0.05, 0.1) is 0 Å². The van der Waals surface area contributed by atoms with Gasteiger partial charge < -0.3 is 10.2 Å². The molecule has 0 fully saturated rings. The second kappa shape index (κ2) is 14.1. The van der Waals surface area contributed by atoms with Gasteiger partial charge in [0, 0.05) is 41.1 Å². The first-order chi connectivity index (χ1) is 17.4. The first-order valence-electron chi connectivity index (χ1n) is 12.4. The van der Waals surface area contributed by atoms with Crippen LogP contribution in [0.1, 0.15) is 43.4 Å². The van der Waals surface area contributed by atoms with E-state index >= 15 is 0 Å². The summed E-state index contributed by atoms with van der Waals surface area (Å²) in [7, 11) is 0. The van der Waals surface area contributed by atoms with Crippen molar-refractivity contribution in [3.63, 3.8) is 0 Å². The van der Waals surface area contributed by atoms with Crippen molar-refractivity contribution in [1.82, 2.24) is 10.2 Å². The average molecular weight is 523 g/mol. The fourth-order valence-electron chi connectivity index (χ4n) is 3.93. The number of carbonyl (C=O) groups is 2. The minimum Gasteiger partial charge on any atom is -0.352 e. The molecule has 3 aromatic carbocycles. The molecule has 3 aromatic rings. The number of rotatable bonds is 12. The van der Waals surface area contributed by atoms with E-state index in [9.17, 15) is 9.59 Å². The van der Waals surface area contributed by atoms with Crippen LogP contribution in [0.4, 0.5) is 0 Å². The van der Waals surface area contributed by atoms with Crippen molar-refractivity contribution in [1.29, 1.82) is 0 Å². The van der Waals surface area contributed by atoms with Gasteiger partial charge in [-0.05, 0) is 55.7 Å². The van der Waals surface area contributed by atoms with Crippen molar-refractivity contribution in [3.05, 3.63) is 101 Å². The summed E-state index contributed by atoms with van der Waals surface area (Å²) in [5.41, 5.74) is 3.17. The lowest BCUT2D eigenvalue weighted by Gasteiger charge is -2.32. The molecule has 0 aromatic heterocycles. The molecule has 190 valence electrons. The van der Waals surface area contributed by atoms with Crippen molar-refractivity contribution < 1.29 is 9.59 Å². The summed E-state index contributed by atoms with van der Waals surface area (Å²) in [6, 6.07) is 25.1. The molecule has 0 heterocycles. The van der Waals surface area contributed by atoms with E-state index in [-0.39, 0.29) is 17.9 Å². The van der Waals surface area contributed by atoms with Crippen LogP contribution in [0, 0.1) is 6.92 Å². The number of aryl methyl sites for hydroxylation is 1. The van der Waals surface area contributed by atoms with Crippen LogP contribution in [0.25, 0.3) is 0 Å². The number of carbonyl (C=O) groups excluding carboxylic acids is 2. The number of nitrogens with one attached hydrogen (secondary N) is 1. The van der Waals surface area contributed by atoms with Gasteiger partial charge in [0.1, 0.15) is 6.04 Å². The molecule has 2 amide bonds. The normalized spacial score (nSPS) is 12.6. The predicted octanol–water partition coefficient (Wildman–Crippen LogP) is 6.69. The summed E-state index contributed by atoms with van der Waals surface area (Å²) in [5.74, 6) is 0.480. The van der Waals surface area contributed by atoms with Gasteiger partial charge in [-0.3, -0.25) is 9.59 Å². The summed E-state index contributed by atoms with van der Waals surface area (Å²) in [4.78, 5) is 30.0. The van der Waals surface area contributed by atoms with E-state index in [1.807, 2.05) is 93.6 Å². The largest absolute Gasteiger partial charge is 0.352 e. The van der Waals surface area contributed by atoms with Gasteiger partial charge in [0.25, 0.3) is 0 Å². The maximum absolute atomic E-state index is 13.7. The molecule has 2 atom stereocenters. The Hall–Kier alpha value is -2.76. The fraction of sp³-hybridized carbons (Fsp3) is 0.333. The summed E-state index contributed by atoms with van der Waals surface area (Å²) in [5, 5.41) is 3.81. The Morgan fingerprint density at radius 1 is 0.972 bits per heavy atom. The molecule has 0 aliphatic carbocycles. The zero-order valence-electron chi connectivity index (χ0n) is 21.2. The maximum Gasteiger partial charge on any atom is 0.243 e. The Labute approximate surface area is 224 Å². The van der Waals surface area contributed by atoms with E-state index in [1.54, 1.807) is 16.7 Å². The number of nitrogens with zero attached hydrogens (tertiary/aromatic N) is 1. The van der Waals surface area contributed by atoms with E-state index in [0.29, 0.717) is 30.2 Å². The molecule has 0 bridgehead atoms. The van der Waals surface area contributed by atoms with Crippen molar-refractivity contribution in [3.8, 4) is 0 Å². The van der Waals surface area contributed by atoms with Gasteiger partial charge in [0.2, 0.25) is 11.8 Å². The molecule has 0 spiro atoms. The van der Waals surface area contributed by atoms with Crippen molar-refractivity contribution >= 4 is 35.2 Å².